The molecule has 0 radical (unpaired) electrons. The Morgan fingerprint density at radius 1 is 1.19 bits per heavy atom. The molecule has 0 aliphatic carbocycles. The molecule has 1 aromatic rings. The van der Waals surface area contributed by atoms with Crippen LogP contribution in [0.4, 0.5) is 0 Å². The summed E-state index contributed by atoms with van der Waals surface area (Å²) < 4.78 is 0. The van der Waals surface area contributed by atoms with Crippen molar-refractivity contribution in [2.45, 2.75) is 6.04 Å². The number of carbonyl (C=O) groups excluding carboxylic acids is 2. The molecule has 112 valence electrons. The number of nitrogens with zero attached hydrogens (tertiary/aromatic N) is 3. The van der Waals surface area contributed by atoms with Gasteiger partial charge >= 0.3 is 0 Å². The summed E-state index contributed by atoms with van der Waals surface area (Å²) in [5, 5.41) is 0. The van der Waals surface area contributed by atoms with E-state index >= 15 is 0 Å². The van der Waals surface area contributed by atoms with Gasteiger partial charge in [0.05, 0.1) is 0 Å². The van der Waals surface area contributed by atoms with Crippen molar-refractivity contribution in [2.24, 2.45) is 0 Å². The summed E-state index contributed by atoms with van der Waals surface area (Å²) in [6.07, 6.45) is 0. The van der Waals surface area contributed by atoms with Gasteiger partial charge in [-0.15, -0.1) is 0 Å². The van der Waals surface area contributed by atoms with Crippen LogP contribution in [-0.2, 0) is 4.79 Å². The predicted octanol–water partition coefficient (Wildman–Crippen LogP) is -1.03. The number of rotatable bonds is 1. The van der Waals surface area contributed by atoms with Crippen LogP contribution in [0, 0.1) is 0 Å². The first-order valence-electron chi connectivity index (χ1n) is 7.04. The Balaban J connectivity index is 1.77. The van der Waals surface area contributed by atoms with Crippen LogP contribution in [0.5, 0.6) is 0 Å². The maximum absolute atomic E-state index is 12.4. The third-order valence-corrected chi connectivity index (χ3v) is 4.16. The number of carbonyl (C=O) groups is 2. The van der Waals surface area contributed by atoms with E-state index in [1.807, 2.05) is 0 Å². The second-order valence-electron chi connectivity index (χ2n) is 5.49. The number of hydrogen-bond donors (Lipinski definition) is 1. The minimum absolute atomic E-state index is 0.0558. The zero-order valence-corrected chi connectivity index (χ0v) is 11.9. The fourth-order valence-corrected chi connectivity index (χ4v) is 2.89. The normalized spacial score (nSPS) is 23.1. The average molecular weight is 290 g/mol. The fraction of sp³-hybridized carbons (Fsp3) is 0.500. The number of H-pyrrole nitrogens is 1. The lowest BCUT2D eigenvalue weighted by Crippen LogP contribution is -2.64. The van der Waals surface area contributed by atoms with Gasteiger partial charge in [0.1, 0.15) is 11.7 Å². The first-order valence-corrected chi connectivity index (χ1v) is 7.04. The standard InChI is InChI=1S/C14H18N4O3/c1-16-5-6-17-7-8-18(9-11(17)14(16)21)13(20)10-3-2-4-12(19)15-10/h2-4,11H,5-9H2,1H3,(H,15,19)/t11-/m0/s1. The van der Waals surface area contributed by atoms with Gasteiger partial charge in [0.15, 0.2) is 0 Å². The second-order valence-corrected chi connectivity index (χ2v) is 5.49. The number of piperazine rings is 2. The molecule has 0 aromatic carbocycles. The number of aromatic nitrogens is 1. The van der Waals surface area contributed by atoms with Crippen LogP contribution in [0.3, 0.4) is 0 Å². The van der Waals surface area contributed by atoms with Crippen molar-refractivity contribution < 1.29 is 9.59 Å². The van der Waals surface area contributed by atoms with E-state index in [1.54, 1.807) is 29.0 Å². The molecule has 0 unspecified atom stereocenters. The molecule has 2 amide bonds. The highest BCUT2D eigenvalue weighted by Crippen LogP contribution is 2.17. The van der Waals surface area contributed by atoms with Crippen LogP contribution in [0.25, 0.3) is 0 Å². The number of hydrogen-bond acceptors (Lipinski definition) is 4. The number of aromatic amines is 1. The number of fused-ring (bicyclic) bond motifs is 1. The third-order valence-electron chi connectivity index (χ3n) is 4.16. The van der Waals surface area contributed by atoms with Gasteiger partial charge in [-0.05, 0) is 6.07 Å². The minimum atomic E-state index is -0.298. The maximum atomic E-state index is 12.4. The van der Waals surface area contributed by atoms with Gasteiger partial charge in [0, 0.05) is 45.8 Å². The van der Waals surface area contributed by atoms with Crippen LogP contribution in [-0.4, -0.2) is 77.3 Å². The van der Waals surface area contributed by atoms with Crippen molar-refractivity contribution in [1.29, 1.82) is 0 Å². The molecule has 1 atom stereocenters. The largest absolute Gasteiger partial charge is 0.343 e. The molecule has 21 heavy (non-hydrogen) atoms. The lowest BCUT2D eigenvalue weighted by molar-refractivity contribution is -0.142. The molecule has 0 bridgehead atoms. The van der Waals surface area contributed by atoms with Crippen molar-refractivity contribution >= 4 is 11.8 Å². The molecule has 7 heteroatoms. The molecule has 2 fully saturated rings. The van der Waals surface area contributed by atoms with E-state index in [1.165, 1.54) is 6.07 Å². The Labute approximate surface area is 122 Å². The van der Waals surface area contributed by atoms with Crippen molar-refractivity contribution in [1.82, 2.24) is 19.7 Å². The number of nitrogens with one attached hydrogen (secondary N) is 1. The van der Waals surface area contributed by atoms with Gasteiger partial charge in [0.25, 0.3) is 5.91 Å². The van der Waals surface area contributed by atoms with Gasteiger partial charge in [-0.1, -0.05) is 6.07 Å². The number of amides is 2. The van der Waals surface area contributed by atoms with Crippen LogP contribution < -0.4 is 5.56 Å². The van der Waals surface area contributed by atoms with E-state index in [-0.39, 0.29) is 29.1 Å². The van der Waals surface area contributed by atoms with Crippen LogP contribution in [0.2, 0.25) is 0 Å². The van der Waals surface area contributed by atoms with Crippen molar-refractivity contribution in [3.05, 3.63) is 34.2 Å². The van der Waals surface area contributed by atoms with Crippen molar-refractivity contribution in [3.8, 4) is 0 Å². The van der Waals surface area contributed by atoms with E-state index < -0.39 is 0 Å². The highest BCUT2D eigenvalue weighted by Gasteiger charge is 2.38. The summed E-state index contributed by atoms with van der Waals surface area (Å²) in [7, 11) is 1.79. The second kappa shape index (κ2) is 5.33. The molecule has 0 saturated carbocycles. The fourth-order valence-electron chi connectivity index (χ4n) is 2.89. The Kier molecular flexibility index (Phi) is 3.50. The van der Waals surface area contributed by atoms with E-state index in [0.29, 0.717) is 19.6 Å². The first-order chi connectivity index (χ1) is 10.1. The van der Waals surface area contributed by atoms with E-state index in [0.717, 1.165) is 13.1 Å². The molecular weight excluding hydrogens is 272 g/mol. The Morgan fingerprint density at radius 3 is 2.71 bits per heavy atom. The number of likely N-dealkylation sites (N-methyl/N-ethyl adjacent to an activating group) is 1. The van der Waals surface area contributed by atoms with Crippen LogP contribution >= 0.6 is 0 Å². The van der Waals surface area contributed by atoms with Crippen LogP contribution in [0.1, 0.15) is 10.5 Å². The Morgan fingerprint density at radius 2 is 1.95 bits per heavy atom. The monoisotopic (exact) mass is 290 g/mol. The molecule has 1 N–H and O–H groups in total. The predicted molar refractivity (Wildman–Crippen MR) is 76.0 cm³/mol. The summed E-state index contributed by atoms with van der Waals surface area (Å²) in [5.74, 6) is -0.173. The molecule has 2 saturated heterocycles. The lowest BCUT2D eigenvalue weighted by Gasteiger charge is -2.45. The zero-order chi connectivity index (χ0) is 15.0. The smallest absolute Gasteiger partial charge is 0.270 e. The highest BCUT2D eigenvalue weighted by molar-refractivity contribution is 5.93. The summed E-state index contributed by atoms with van der Waals surface area (Å²) in [6.45, 7) is 3.21. The number of pyridine rings is 1. The molecular formula is C14H18N4O3. The molecule has 2 aliphatic heterocycles. The summed E-state index contributed by atoms with van der Waals surface area (Å²) in [5.41, 5.74) is -0.0273. The minimum Gasteiger partial charge on any atom is -0.343 e. The molecule has 7 nitrogen and oxygen atoms in total. The van der Waals surface area contributed by atoms with Crippen molar-refractivity contribution in [2.75, 3.05) is 39.8 Å². The van der Waals surface area contributed by atoms with E-state index in [9.17, 15) is 14.4 Å². The van der Waals surface area contributed by atoms with Gasteiger partial charge in [-0.3, -0.25) is 19.3 Å². The summed E-state index contributed by atoms with van der Waals surface area (Å²) in [4.78, 5) is 44.0. The third kappa shape index (κ3) is 2.56. The first kappa shape index (κ1) is 13.8. The van der Waals surface area contributed by atoms with Crippen LogP contribution in [0.15, 0.2) is 23.0 Å². The Hall–Kier alpha value is -2.15. The topological polar surface area (TPSA) is 76.7 Å². The quantitative estimate of drug-likeness (QED) is 0.718. The lowest BCUT2D eigenvalue weighted by atomic mass is 10.1. The maximum Gasteiger partial charge on any atom is 0.270 e. The van der Waals surface area contributed by atoms with E-state index in [2.05, 4.69) is 9.88 Å². The molecule has 3 heterocycles. The molecule has 2 aliphatic rings. The molecule has 1 aromatic heterocycles. The van der Waals surface area contributed by atoms with E-state index in [4.69, 9.17) is 0 Å². The zero-order valence-electron chi connectivity index (χ0n) is 11.9. The van der Waals surface area contributed by atoms with Crippen molar-refractivity contribution in [3.63, 3.8) is 0 Å². The SMILES string of the molecule is CN1CCN2CCN(C(=O)c3cccc(=O)[nH]3)C[C@H]2C1=O. The Bertz CT molecular complexity index is 627. The molecule has 0 spiro atoms. The van der Waals surface area contributed by atoms with Gasteiger partial charge in [0.2, 0.25) is 11.5 Å². The summed E-state index contributed by atoms with van der Waals surface area (Å²) in [6, 6.07) is 4.25. The van der Waals surface area contributed by atoms with Gasteiger partial charge in [-0.25, -0.2) is 0 Å². The summed E-state index contributed by atoms with van der Waals surface area (Å²) >= 11 is 0. The van der Waals surface area contributed by atoms with Gasteiger partial charge < -0.3 is 14.8 Å². The van der Waals surface area contributed by atoms with Gasteiger partial charge in [-0.2, -0.15) is 0 Å². The average Bonchev–Trinajstić information content (AvgIpc) is 2.50. The highest BCUT2D eigenvalue weighted by atomic mass is 16.2. The molecule has 3 rings (SSSR count).